The van der Waals surface area contributed by atoms with Gasteiger partial charge < -0.3 is 10.6 Å². The van der Waals surface area contributed by atoms with Crippen LogP contribution in [0.1, 0.15) is 12.0 Å². The Morgan fingerprint density at radius 1 is 1.24 bits per heavy atom. The smallest absolute Gasteiger partial charge is 0.179 e. The van der Waals surface area contributed by atoms with Crippen LogP contribution < -0.4 is 5.73 Å². The van der Waals surface area contributed by atoms with Crippen molar-refractivity contribution in [2.24, 2.45) is 5.73 Å². The summed E-state index contributed by atoms with van der Waals surface area (Å²) in [6.07, 6.45) is 1.13. The molecular weight excluding hydrogens is 324 g/mol. The molecule has 4 nitrogen and oxygen atoms in total. The molecule has 0 aliphatic carbocycles. The van der Waals surface area contributed by atoms with E-state index in [1.54, 1.807) is 24.3 Å². The van der Waals surface area contributed by atoms with Gasteiger partial charge in [-0.15, -0.1) is 0 Å². The standard InChI is InChI=1S/C14H20N2O2S3/c15-14(19)12-2-4-13(5-3-12)21(17,18)11-8-16-6-1-9-20-10-7-16/h2-5H,1,6-11H2,(H2,15,19). The second-order valence-electron chi connectivity index (χ2n) is 5.02. The lowest BCUT2D eigenvalue weighted by atomic mass is 10.2. The number of hydrogen-bond acceptors (Lipinski definition) is 5. The molecule has 1 heterocycles. The molecule has 1 aliphatic heterocycles. The fourth-order valence-corrected chi connectivity index (χ4v) is 4.56. The summed E-state index contributed by atoms with van der Waals surface area (Å²) in [5.41, 5.74) is 6.21. The zero-order valence-corrected chi connectivity index (χ0v) is 14.3. The molecule has 0 aromatic heterocycles. The monoisotopic (exact) mass is 344 g/mol. The Labute approximate surface area is 136 Å². The maximum Gasteiger partial charge on any atom is 0.179 e. The fourth-order valence-electron chi connectivity index (χ4n) is 2.22. The molecular formula is C14H20N2O2S3. The molecule has 0 unspecified atom stereocenters. The maximum atomic E-state index is 12.3. The van der Waals surface area contributed by atoms with Gasteiger partial charge in [0.05, 0.1) is 10.6 Å². The summed E-state index contributed by atoms with van der Waals surface area (Å²) in [7, 11) is -3.25. The van der Waals surface area contributed by atoms with Gasteiger partial charge in [-0.05, 0) is 30.9 Å². The number of nitrogens with zero attached hydrogens (tertiary/aromatic N) is 1. The molecule has 0 amide bonds. The van der Waals surface area contributed by atoms with Crippen LogP contribution in [0, 0.1) is 0 Å². The number of rotatable bonds is 5. The van der Waals surface area contributed by atoms with Gasteiger partial charge in [-0.2, -0.15) is 11.8 Å². The Morgan fingerprint density at radius 2 is 1.95 bits per heavy atom. The summed E-state index contributed by atoms with van der Waals surface area (Å²) in [6.45, 7) is 2.56. The number of nitrogens with two attached hydrogens (primary N) is 1. The third-order valence-corrected chi connectivity index (χ3v) is 6.48. The molecule has 0 radical (unpaired) electrons. The number of thioether (sulfide) groups is 1. The van der Waals surface area contributed by atoms with Crippen molar-refractivity contribution in [1.29, 1.82) is 0 Å². The van der Waals surface area contributed by atoms with Gasteiger partial charge in [0.15, 0.2) is 9.84 Å². The van der Waals surface area contributed by atoms with Crippen molar-refractivity contribution in [2.45, 2.75) is 11.3 Å². The minimum Gasteiger partial charge on any atom is -0.389 e. The maximum absolute atomic E-state index is 12.3. The van der Waals surface area contributed by atoms with Gasteiger partial charge in [-0.25, -0.2) is 8.42 Å². The predicted octanol–water partition coefficient (Wildman–Crippen LogP) is 1.53. The molecule has 0 bridgehead atoms. The van der Waals surface area contributed by atoms with Gasteiger partial charge in [0.2, 0.25) is 0 Å². The summed E-state index contributed by atoms with van der Waals surface area (Å²) in [5, 5.41) is 0. The Bertz CT molecular complexity index is 577. The lowest BCUT2D eigenvalue weighted by molar-refractivity contribution is 0.312. The van der Waals surface area contributed by atoms with E-state index in [0.29, 0.717) is 17.0 Å². The molecule has 2 rings (SSSR count). The minimum atomic E-state index is -3.25. The second kappa shape index (κ2) is 7.58. The molecule has 0 atom stereocenters. The van der Waals surface area contributed by atoms with E-state index in [-0.39, 0.29) is 10.7 Å². The molecule has 0 spiro atoms. The summed E-state index contributed by atoms with van der Waals surface area (Å²) >= 11 is 6.81. The topological polar surface area (TPSA) is 63.4 Å². The van der Waals surface area contributed by atoms with Crippen molar-refractivity contribution in [1.82, 2.24) is 4.90 Å². The van der Waals surface area contributed by atoms with E-state index >= 15 is 0 Å². The van der Waals surface area contributed by atoms with Crippen LogP contribution >= 0.6 is 24.0 Å². The average molecular weight is 345 g/mol. The van der Waals surface area contributed by atoms with Gasteiger partial charge in [0.1, 0.15) is 4.99 Å². The highest BCUT2D eigenvalue weighted by molar-refractivity contribution is 7.99. The lowest BCUT2D eigenvalue weighted by Crippen LogP contribution is -2.31. The van der Waals surface area contributed by atoms with Crippen LogP contribution in [0.5, 0.6) is 0 Å². The molecule has 2 N–H and O–H groups in total. The van der Waals surface area contributed by atoms with E-state index in [0.717, 1.165) is 25.3 Å². The highest BCUT2D eigenvalue weighted by atomic mass is 32.2. The van der Waals surface area contributed by atoms with Crippen LogP contribution in [0.25, 0.3) is 0 Å². The van der Waals surface area contributed by atoms with Crippen LogP contribution in [0.15, 0.2) is 29.2 Å². The number of sulfone groups is 1. The van der Waals surface area contributed by atoms with Crippen LogP contribution in [0.4, 0.5) is 0 Å². The Hall–Kier alpha value is -0.630. The van der Waals surface area contributed by atoms with Crippen molar-refractivity contribution >= 4 is 38.8 Å². The first-order valence-corrected chi connectivity index (χ1v) is 10.1. The van der Waals surface area contributed by atoms with E-state index in [4.69, 9.17) is 18.0 Å². The first kappa shape index (κ1) is 16.7. The first-order valence-electron chi connectivity index (χ1n) is 6.92. The number of benzene rings is 1. The van der Waals surface area contributed by atoms with Crippen molar-refractivity contribution in [3.05, 3.63) is 29.8 Å². The van der Waals surface area contributed by atoms with Crippen molar-refractivity contribution in [3.63, 3.8) is 0 Å². The normalized spacial score (nSPS) is 17.3. The predicted molar refractivity (Wildman–Crippen MR) is 92.8 cm³/mol. The van der Waals surface area contributed by atoms with Crippen molar-refractivity contribution in [3.8, 4) is 0 Å². The Kier molecular flexibility index (Phi) is 6.04. The fraction of sp³-hybridized carbons (Fsp3) is 0.500. The molecule has 1 fully saturated rings. The third-order valence-electron chi connectivity index (χ3n) is 3.49. The summed E-state index contributed by atoms with van der Waals surface area (Å²) in [6, 6.07) is 6.50. The van der Waals surface area contributed by atoms with E-state index in [1.807, 2.05) is 11.8 Å². The van der Waals surface area contributed by atoms with Gasteiger partial charge >= 0.3 is 0 Å². The molecule has 116 valence electrons. The molecule has 21 heavy (non-hydrogen) atoms. The summed E-state index contributed by atoms with van der Waals surface area (Å²) in [4.78, 5) is 2.86. The highest BCUT2D eigenvalue weighted by Gasteiger charge is 2.17. The van der Waals surface area contributed by atoms with E-state index in [1.165, 1.54) is 5.75 Å². The van der Waals surface area contributed by atoms with Crippen LogP contribution in [0.2, 0.25) is 0 Å². The third kappa shape index (κ3) is 4.95. The van der Waals surface area contributed by atoms with Crippen molar-refractivity contribution in [2.75, 3.05) is 36.9 Å². The quantitative estimate of drug-likeness (QED) is 0.818. The first-order chi connectivity index (χ1) is 9.99. The SMILES string of the molecule is NC(=S)c1ccc(S(=O)(=O)CCN2CCCSCC2)cc1. The Morgan fingerprint density at radius 3 is 2.62 bits per heavy atom. The Balaban J connectivity index is 1.98. The molecule has 0 saturated carbocycles. The van der Waals surface area contributed by atoms with Crippen molar-refractivity contribution < 1.29 is 8.42 Å². The molecule has 1 saturated heterocycles. The average Bonchev–Trinajstić information content (AvgIpc) is 2.74. The molecule has 1 aromatic carbocycles. The highest BCUT2D eigenvalue weighted by Crippen LogP contribution is 2.14. The van der Waals surface area contributed by atoms with Gasteiger partial charge in [0, 0.05) is 24.4 Å². The van der Waals surface area contributed by atoms with E-state index < -0.39 is 9.84 Å². The minimum absolute atomic E-state index is 0.157. The second-order valence-corrected chi connectivity index (χ2v) is 8.79. The lowest BCUT2D eigenvalue weighted by Gasteiger charge is -2.19. The van der Waals surface area contributed by atoms with Crippen LogP contribution in [-0.2, 0) is 9.84 Å². The summed E-state index contributed by atoms with van der Waals surface area (Å²) < 4.78 is 24.7. The van der Waals surface area contributed by atoms with E-state index in [2.05, 4.69) is 4.90 Å². The molecule has 1 aliphatic rings. The number of hydrogen-bond donors (Lipinski definition) is 1. The zero-order valence-electron chi connectivity index (χ0n) is 11.8. The largest absolute Gasteiger partial charge is 0.389 e. The van der Waals surface area contributed by atoms with Gasteiger partial charge in [-0.1, -0.05) is 24.4 Å². The van der Waals surface area contributed by atoms with Crippen LogP contribution in [0.3, 0.4) is 0 Å². The zero-order chi connectivity index (χ0) is 15.3. The van der Waals surface area contributed by atoms with Crippen LogP contribution in [-0.4, -0.2) is 55.2 Å². The van der Waals surface area contributed by atoms with Gasteiger partial charge in [-0.3, -0.25) is 0 Å². The summed E-state index contributed by atoms with van der Waals surface area (Å²) in [5.74, 6) is 2.41. The number of thiocarbonyl (C=S) groups is 1. The molecule has 7 heteroatoms. The molecule has 1 aromatic rings. The van der Waals surface area contributed by atoms with Gasteiger partial charge in [0.25, 0.3) is 0 Å². The van der Waals surface area contributed by atoms with E-state index in [9.17, 15) is 8.42 Å².